The van der Waals surface area contributed by atoms with Crippen molar-refractivity contribution in [3.63, 3.8) is 0 Å². The third-order valence-corrected chi connectivity index (χ3v) is 3.24. The van der Waals surface area contributed by atoms with Crippen molar-refractivity contribution >= 4 is 11.6 Å². The molecule has 0 aliphatic carbocycles. The lowest BCUT2D eigenvalue weighted by molar-refractivity contribution is -0.116. The molecule has 3 rings (SSSR count). The highest BCUT2D eigenvalue weighted by molar-refractivity contribution is 6.05. The summed E-state index contributed by atoms with van der Waals surface area (Å²) in [6.07, 6.45) is 0. The number of carbonyl (C=O) groups is 1. The van der Waals surface area contributed by atoms with Gasteiger partial charge in [-0.2, -0.15) is 0 Å². The quantitative estimate of drug-likeness (QED) is 0.875. The van der Waals surface area contributed by atoms with E-state index in [-0.39, 0.29) is 11.8 Å². The van der Waals surface area contributed by atoms with E-state index in [1.54, 1.807) is 7.11 Å². The van der Waals surface area contributed by atoms with Crippen molar-refractivity contribution in [2.45, 2.75) is 5.92 Å². The summed E-state index contributed by atoms with van der Waals surface area (Å²) >= 11 is 0. The highest BCUT2D eigenvalue weighted by atomic mass is 16.5. The molecule has 1 atom stereocenters. The molecule has 0 aromatic heterocycles. The van der Waals surface area contributed by atoms with E-state index in [1.165, 1.54) is 0 Å². The van der Waals surface area contributed by atoms with Crippen LogP contribution in [0.2, 0.25) is 0 Å². The minimum atomic E-state index is -0.280. The second-order valence-corrected chi connectivity index (χ2v) is 4.25. The molecule has 0 saturated heterocycles. The first kappa shape index (κ1) is 10.8. The van der Waals surface area contributed by atoms with Crippen molar-refractivity contribution in [2.75, 3.05) is 12.4 Å². The SMILES string of the molecule is COc1ccccc1C1C(=O)Nc2ccccc21. The Morgan fingerprint density at radius 2 is 1.67 bits per heavy atom. The van der Waals surface area contributed by atoms with Crippen molar-refractivity contribution in [3.8, 4) is 5.75 Å². The van der Waals surface area contributed by atoms with E-state index in [0.717, 1.165) is 22.6 Å². The number of benzene rings is 2. The largest absolute Gasteiger partial charge is 0.496 e. The minimum Gasteiger partial charge on any atom is -0.496 e. The van der Waals surface area contributed by atoms with Crippen LogP contribution in [0.15, 0.2) is 48.5 Å². The number of hydrogen-bond acceptors (Lipinski definition) is 2. The molecule has 90 valence electrons. The number of para-hydroxylation sites is 2. The number of amides is 1. The molecule has 0 spiro atoms. The lowest BCUT2D eigenvalue weighted by atomic mass is 9.92. The molecule has 1 heterocycles. The maximum Gasteiger partial charge on any atom is 0.236 e. The highest BCUT2D eigenvalue weighted by Gasteiger charge is 2.33. The molecule has 3 heteroatoms. The Labute approximate surface area is 105 Å². The van der Waals surface area contributed by atoms with Crippen molar-refractivity contribution < 1.29 is 9.53 Å². The number of anilines is 1. The summed E-state index contributed by atoms with van der Waals surface area (Å²) in [4.78, 5) is 12.1. The summed E-state index contributed by atoms with van der Waals surface area (Å²) in [5, 5.41) is 2.90. The summed E-state index contributed by atoms with van der Waals surface area (Å²) in [5.74, 6) is 0.465. The Kier molecular flexibility index (Phi) is 2.52. The van der Waals surface area contributed by atoms with E-state index in [4.69, 9.17) is 4.74 Å². The standard InChI is InChI=1S/C15H13NO2/c1-18-13-9-5-3-7-11(13)14-10-6-2-4-8-12(10)16-15(14)17/h2-9,14H,1H3,(H,16,17). The van der Waals surface area contributed by atoms with Crippen LogP contribution in [0.25, 0.3) is 0 Å². The second kappa shape index (κ2) is 4.18. The molecule has 1 amide bonds. The fourth-order valence-corrected chi connectivity index (χ4v) is 2.42. The summed E-state index contributed by atoms with van der Waals surface area (Å²) < 4.78 is 5.34. The van der Waals surface area contributed by atoms with Gasteiger partial charge >= 0.3 is 0 Å². The summed E-state index contributed by atoms with van der Waals surface area (Å²) in [7, 11) is 1.62. The average molecular weight is 239 g/mol. The van der Waals surface area contributed by atoms with Gasteiger partial charge in [-0.05, 0) is 17.7 Å². The first-order valence-corrected chi connectivity index (χ1v) is 5.84. The third kappa shape index (κ3) is 1.56. The summed E-state index contributed by atoms with van der Waals surface area (Å²) in [6.45, 7) is 0. The van der Waals surface area contributed by atoms with Gasteiger partial charge in [0.1, 0.15) is 5.75 Å². The van der Waals surface area contributed by atoms with Crippen molar-refractivity contribution in [2.24, 2.45) is 0 Å². The van der Waals surface area contributed by atoms with Crippen LogP contribution in [0, 0.1) is 0 Å². The summed E-state index contributed by atoms with van der Waals surface area (Å²) in [5.41, 5.74) is 2.80. The molecule has 1 aliphatic rings. The zero-order chi connectivity index (χ0) is 12.5. The molecular formula is C15H13NO2. The monoisotopic (exact) mass is 239 g/mol. The Hall–Kier alpha value is -2.29. The number of rotatable bonds is 2. The molecule has 0 fully saturated rings. The number of ether oxygens (including phenoxy) is 1. The normalized spacial score (nSPS) is 17.2. The predicted molar refractivity (Wildman–Crippen MR) is 69.9 cm³/mol. The van der Waals surface area contributed by atoms with E-state index in [1.807, 2.05) is 48.5 Å². The maximum atomic E-state index is 12.1. The van der Waals surface area contributed by atoms with Crippen molar-refractivity contribution in [1.29, 1.82) is 0 Å². The van der Waals surface area contributed by atoms with Gasteiger partial charge in [0.25, 0.3) is 0 Å². The molecule has 0 saturated carbocycles. The van der Waals surface area contributed by atoms with Crippen LogP contribution in [0.5, 0.6) is 5.75 Å². The molecule has 18 heavy (non-hydrogen) atoms. The number of hydrogen-bond donors (Lipinski definition) is 1. The molecule has 1 N–H and O–H groups in total. The molecule has 1 unspecified atom stereocenters. The van der Waals surface area contributed by atoms with Crippen LogP contribution in [0.3, 0.4) is 0 Å². The smallest absolute Gasteiger partial charge is 0.236 e. The van der Waals surface area contributed by atoms with Gasteiger partial charge in [0.2, 0.25) is 5.91 Å². The fraction of sp³-hybridized carbons (Fsp3) is 0.133. The van der Waals surface area contributed by atoms with E-state index in [9.17, 15) is 4.79 Å². The Bertz CT molecular complexity index is 607. The molecule has 2 aromatic carbocycles. The number of nitrogens with one attached hydrogen (secondary N) is 1. The molecule has 0 radical (unpaired) electrons. The van der Waals surface area contributed by atoms with Crippen molar-refractivity contribution in [3.05, 3.63) is 59.7 Å². The minimum absolute atomic E-state index is 0.000648. The molecule has 3 nitrogen and oxygen atoms in total. The van der Waals surface area contributed by atoms with Crippen LogP contribution in [-0.2, 0) is 4.79 Å². The Morgan fingerprint density at radius 1 is 1.00 bits per heavy atom. The Morgan fingerprint density at radius 3 is 2.44 bits per heavy atom. The van der Waals surface area contributed by atoms with E-state index in [0.29, 0.717) is 0 Å². The van der Waals surface area contributed by atoms with Gasteiger partial charge in [0, 0.05) is 11.3 Å². The van der Waals surface area contributed by atoms with Gasteiger partial charge < -0.3 is 10.1 Å². The van der Waals surface area contributed by atoms with E-state index in [2.05, 4.69) is 5.32 Å². The zero-order valence-corrected chi connectivity index (χ0v) is 10.0. The molecule has 1 aliphatic heterocycles. The van der Waals surface area contributed by atoms with Crippen LogP contribution < -0.4 is 10.1 Å². The van der Waals surface area contributed by atoms with Crippen LogP contribution >= 0.6 is 0 Å². The molecular weight excluding hydrogens is 226 g/mol. The van der Waals surface area contributed by atoms with Crippen LogP contribution in [-0.4, -0.2) is 13.0 Å². The van der Waals surface area contributed by atoms with Gasteiger partial charge in [0.15, 0.2) is 0 Å². The van der Waals surface area contributed by atoms with Gasteiger partial charge in [-0.15, -0.1) is 0 Å². The molecule has 0 bridgehead atoms. The van der Waals surface area contributed by atoms with Crippen molar-refractivity contribution in [1.82, 2.24) is 0 Å². The van der Waals surface area contributed by atoms with Crippen LogP contribution in [0.1, 0.15) is 17.0 Å². The maximum absolute atomic E-state index is 12.1. The van der Waals surface area contributed by atoms with Gasteiger partial charge in [-0.25, -0.2) is 0 Å². The lowest BCUT2D eigenvalue weighted by Crippen LogP contribution is -2.13. The predicted octanol–water partition coefficient (Wildman–Crippen LogP) is 2.78. The number of fused-ring (bicyclic) bond motifs is 1. The van der Waals surface area contributed by atoms with Crippen LogP contribution in [0.4, 0.5) is 5.69 Å². The highest BCUT2D eigenvalue weighted by Crippen LogP contribution is 2.40. The topological polar surface area (TPSA) is 38.3 Å². The van der Waals surface area contributed by atoms with E-state index < -0.39 is 0 Å². The first-order valence-electron chi connectivity index (χ1n) is 5.84. The fourth-order valence-electron chi connectivity index (χ4n) is 2.42. The number of methoxy groups -OCH3 is 1. The third-order valence-electron chi connectivity index (χ3n) is 3.24. The Balaban J connectivity index is 2.15. The van der Waals surface area contributed by atoms with Gasteiger partial charge in [-0.3, -0.25) is 4.79 Å². The summed E-state index contributed by atoms with van der Waals surface area (Å²) in [6, 6.07) is 15.4. The zero-order valence-electron chi connectivity index (χ0n) is 10.0. The average Bonchev–Trinajstić information content (AvgIpc) is 2.74. The van der Waals surface area contributed by atoms with Gasteiger partial charge in [-0.1, -0.05) is 36.4 Å². The molecule has 2 aromatic rings. The second-order valence-electron chi connectivity index (χ2n) is 4.25. The van der Waals surface area contributed by atoms with E-state index >= 15 is 0 Å². The van der Waals surface area contributed by atoms with Gasteiger partial charge in [0.05, 0.1) is 13.0 Å². The number of carbonyl (C=O) groups excluding carboxylic acids is 1. The first-order chi connectivity index (χ1) is 8.81. The lowest BCUT2D eigenvalue weighted by Gasteiger charge is -2.13.